The van der Waals surface area contributed by atoms with Gasteiger partial charge in [0.2, 0.25) is 0 Å². The summed E-state index contributed by atoms with van der Waals surface area (Å²) in [4.78, 5) is 28.1. The van der Waals surface area contributed by atoms with Crippen LogP contribution in [0.1, 0.15) is 56.5 Å². The molecule has 0 fully saturated rings. The molecule has 1 aromatic heterocycles. The summed E-state index contributed by atoms with van der Waals surface area (Å²) in [5, 5.41) is 11.1. The van der Waals surface area contributed by atoms with Crippen molar-refractivity contribution < 1.29 is 19.4 Å². The summed E-state index contributed by atoms with van der Waals surface area (Å²) in [7, 11) is 1.46. The number of rotatable bonds is 6. The van der Waals surface area contributed by atoms with Gasteiger partial charge in [-0.15, -0.1) is 0 Å². The summed E-state index contributed by atoms with van der Waals surface area (Å²) in [5.74, 6) is -0.119. The summed E-state index contributed by atoms with van der Waals surface area (Å²) in [6, 6.07) is 4.53. The second kappa shape index (κ2) is 9.05. The van der Waals surface area contributed by atoms with E-state index in [0.29, 0.717) is 10.4 Å². The topological polar surface area (TPSA) is 92.9 Å². The number of aromatic nitrogens is 1. The van der Waals surface area contributed by atoms with E-state index in [1.807, 2.05) is 0 Å². The van der Waals surface area contributed by atoms with E-state index in [2.05, 4.69) is 48.2 Å². The summed E-state index contributed by atoms with van der Waals surface area (Å²) >= 11 is 1.45. The molecule has 0 aliphatic heterocycles. The summed E-state index contributed by atoms with van der Waals surface area (Å²) in [6.07, 6.45) is 3.77. The van der Waals surface area contributed by atoms with Crippen molar-refractivity contribution in [1.29, 1.82) is 0 Å². The van der Waals surface area contributed by atoms with Crippen molar-refractivity contribution in [2.45, 2.75) is 52.5 Å². The predicted octanol–water partition coefficient (Wildman–Crippen LogP) is 4.49. The van der Waals surface area contributed by atoms with Crippen LogP contribution in [-0.4, -0.2) is 28.2 Å². The quantitative estimate of drug-likeness (QED) is 0.741. The molecule has 0 spiro atoms. The minimum absolute atomic E-state index is 0.106. The van der Waals surface area contributed by atoms with Crippen molar-refractivity contribution in [1.82, 2.24) is 3.96 Å². The van der Waals surface area contributed by atoms with Gasteiger partial charge < -0.3 is 9.84 Å². The molecule has 0 atom stereocenters. The van der Waals surface area contributed by atoms with Gasteiger partial charge in [-0.25, -0.2) is 4.79 Å². The second-order valence-corrected chi connectivity index (χ2v) is 8.38. The van der Waals surface area contributed by atoms with E-state index < -0.39 is 12.0 Å². The van der Waals surface area contributed by atoms with Gasteiger partial charge in [-0.2, -0.15) is 4.99 Å². The van der Waals surface area contributed by atoms with Crippen LogP contribution in [0.4, 0.5) is 10.5 Å². The van der Waals surface area contributed by atoms with Crippen LogP contribution in [0, 0.1) is 0 Å². The fraction of sp³-hybridized carbons (Fsp3) is 0.450. The molecular weight excluding hydrogens is 378 g/mol. The molecule has 2 amide bonds. The first-order valence-corrected chi connectivity index (χ1v) is 9.92. The molecular formula is C20H27N3O4S. The van der Waals surface area contributed by atoms with Crippen LogP contribution >= 0.6 is 11.5 Å². The Labute approximate surface area is 168 Å². The lowest BCUT2D eigenvalue weighted by atomic mass is 10.1. The third-order valence-corrected chi connectivity index (χ3v) is 5.45. The molecule has 8 heteroatoms. The van der Waals surface area contributed by atoms with Gasteiger partial charge in [0.15, 0.2) is 0 Å². The fourth-order valence-corrected chi connectivity index (χ4v) is 3.60. The van der Waals surface area contributed by atoms with Crippen molar-refractivity contribution in [2.24, 2.45) is 4.99 Å². The van der Waals surface area contributed by atoms with Crippen LogP contribution in [0.5, 0.6) is 5.75 Å². The van der Waals surface area contributed by atoms with E-state index >= 15 is 0 Å². The number of unbranched alkanes of at least 4 members (excludes halogenated alkanes) is 1. The van der Waals surface area contributed by atoms with Crippen molar-refractivity contribution in [2.75, 3.05) is 12.4 Å². The zero-order chi connectivity index (χ0) is 20.9. The lowest BCUT2D eigenvalue weighted by molar-refractivity contribution is 0.0995. The van der Waals surface area contributed by atoms with E-state index in [-0.39, 0.29) is 16.8 Å². The molecule has 0 radical (unpaired) electrons. The number of ether oxygens (including phenoxy) is 1. The van der Waals surface area contributed by atoms with Crippen LogP contribution < -0.4 is 14.7 Å². The number of carboxylic acid groups (broad SMARTS) is 1. The number of benzene rings is 1. The van der Waals surface area contributed by atoms with E-state index in [1.165, 1.54) is 30.8 Å². The third-order valence-electron chi connectivity index (χ3n) is 4.08. The van der Waals surface area contributed by atoms with E-state index in [4.69, 9.17) is 9.84 Å². The smallest absolute Gasteiger partial charge is 0.409 e. The Bertz CT molecular complexity index is 922. The molecule has 2 aromatic rings. The van der Waals surface area contributed by atoms with Gasteiger partial charge in [0.05, 0.1) is 12.7 Å². The summed E-state index contributed by atoms with van der Waals surface area (Å²) in [5.41, 5.74) is 1.43. The molecule has 7 nitrogen and oxygen atoms in total. The number of nitrogens with zero attached hydrogens (tertiary/aromatic N) is 2. The van der Waals surface area contributed by atoms with E-state index in [1.54, 1.807) is 6.07 Å². The van der Waals surface area contributed by atoms with Gasteiger partial charge in [-0.05, 0) is 63.3 Å². The normalized spacial score (nSPS) is 12.1. The van der Waals surface area contributed by atoms with Crippen LogP contribution in [0.3, 0.4) is 0 Å². The minimum Gasteiger partial charge on any atom is -0.496 e. The number of carbonyl (C=O) groups excluding carboxylic acids is 1. The maximum atomic E-state index is 12.9. The molecule has 152 valence electrons. The molecule has 2 rings (SSSR count). The Morgan fingerprint density at radius 3 is 2.61 bits per heavy atom. The lowest BCUT2D eigenvalue weighted by Crippen LogP contribution is -2.18. The maximum absolute atomic E-state index is 12.9. The molecule has 0 saturated carbocycles. The number of nitrogens with one attached hydrogen (secondary N) is 1. The Hall–Kier alpha value is -2.61. The Morgan fingerprint density at radius 1 is 1.32 bits per heavy atom. The molecule has 0 bridgehead atoms. The number of methoxy groups -OCH3 is 1. The number of hydrogen-bond acceptors (Lipinski definition) is 4. The van der Waals surface area contributed by atoms with Gasteiger partial charge in [0.1, 0.15) is 10.4 Å². The molecule has 0 unspecified atom stereocenters. The zero-order valence-electron chi connectivity index (χ0n) is 16.9. The number of amides is 2. The average Bonchev–Trinajstić information content (AvgIpc) is 3.02. The van der Waals surface area contributed by atoms with Gasteiger partial charge >= 0.3 is 6.09 Å². The van der Waals surface area contributed by atoms with E-state index in [0.717, 1.165) is 24.8 Å². The summed E-state index contributed by atoms with van der Waals surface area (Å²) in [6.45, 7) is 8.42. The molecule has 1 heterocycles. The molecule has 28 heavy (non-hydrogen) atoms. The summed E-state index contributed by atoms with van der Waals surface area (Å²) < 4.78 is 8.04. The Kier molecular flexibility index (Phi) is 7.01. The largest absolute Gasteiger partial charge is 0.496 e. The minimum atomic E-state index is -1.20. The average molecular weight is 406 g/mol. The monoisotopic (exact) mass is 405 g/mol. The van der Waals surface area contributed by atoms with Crippen molar-refractivity contribution in [3.05, 3.63) is 40.2 Å². The Balaban J connectivity index is 2.50. The first-order chi connectivity index (χ1) is 13.2. The highest BCUT2D eigenvalue weighted by Gasteiger charge is 2.18. The predicted molar refractivity (Wildman–Crippen MR) is 110 cm³/mol. The van der Waals surface area contributed by atoms with E-state index in [9.17, 15) is 9.59 Å². The van der Waals surface area contributed by atoms with Crippen LogP contribution in [0.15, 0.2) is 29.4 Å². The SMILES string of the molecule is CCCCc1cn(C(C)(C)C)s/c1=N\C(=O)c1cc(NC(=O)O)ccc1OC. The fourth-order valence-electron chi connectivity index (χ4n) is 2.57. The molecule has 0 saturated heterocycles. The van der Waals surface area contributed by atoms with Crippen molar-refractivity contribution in [3.63, 3.8) is 0 Å². The third kappa shape index (κ3) is 5.45. The van der Waals surface area contributed by atoms with Crippen LogP contribution in [0.25, 0.3) is 0 Å². The van der Waals surface area contributed by atoms with Gasteiger partial charge in [-0.3, -0.25) is 14.1 Å². The molecule has 0 aliphatic carbocycles. The van der Waals surface area contributed by atoms with Crippen LogP contribution in [-0.2, 0) is 12.0 Å². The number of carbonyl (C=O) groups is 2. The number of anilines is 1. The van der Waals surface area contributed by atoms with Gasteiger partial charge in [-0.1, -0.05) is 13.3 Å². The molecule has 0 aliphatic rings. The second-order valence-electron chi connectivity index (χ2n) is 7.41. The van der Waals surface area contributed by atoms with Crippen molar-refractivity contribution >= 4 is 29.2 Å². The van der Waals surface area contributed by atoms with Crippen LogP contribution in [0.2, 0.25) is 0 Å². The van der Waals surface area contributed by atoms with Crippen molar-refractivity contribution in [3.8, 4) is 5.75 Å². The standard InChI is InChI=1S/C20H27N3O4S/c1-6-7-8-13-12-23(20(2,3)4)28-18(13)22-17(24)15-11-14(21-19(25)26)9-10-16(15)27-5/h9-12,21H,6-8H2,1-5H3,(H,25,26)/b22-18-. The highest BCUT2D eigenvalue weighted by Crippen LogP contribution is 2.24. The Morgan fingerprint density at radius 2 is 2.04 bits per heavy atom. The lowest BCUT2D eigenvalue weighted by Gasteiger charge is -2.19. The highest BCUT2D eigenvalue weighted by atomic mass is 32.1. The molecule has 2 N–H and O–H groups in total. The van der Waals surface area contributed by atoms with Gasteiger partial charge in [0, 0.05) is 23.0 Å². The zero-order valence-corrected chi connectivity index (χ0v) is 17.7. The number of aryl methyl sites for hydroxylation is 1. The number of hydrogen-bond donors (Lipinski definition) is 2. The first kappa shape index (κ1) is 21.7. The van der Waals surface area contributed by atoms with Gasteiger partial charge in [0.25, 0.3) is 5.91 Å². The maximum Gasteiger partial charge on any atom is 0.409 e. The highest BCUT2D eigenvalue weighted by molar-refractivity contribution is 7.04. The first-order valence-electron chi connectivity index (χ1n) is 9.15. The molecule has 1 aromatic carbocycles.